The molecule has 0 radical (unpaired) electrons. The Morgan fingerprint density at radius 1 is 1.35 bits per heavy atom. The van der Waals surface area contributed by atoms with Crippen LogP contribution in [0.15, 0.2) is 29.2 Å². The van der Waals surface area contributed by atoms with Crippen LogP contribution < -0.4 is 5.73 Å². The van der Waals surface area contributed by atoms with E-state index in [9.17, 15) is 4.39 Å². The number of nitrogens with two attached hydrogens (primary N) is 1. The summed E-state index contributed by atoms with van der Waals surface area (Å²) in [5.41, 5.74) is 6.63. The van der Waals surface area contributed by atoms with E-state index < -0.39 is 0 Å². The minimum Gasteiger partial charge on any atom is -0.326 e. The van der Waals surface area contributed by atoms with Crippen LogP contribution in [0.3, 0.4) is 0 Å². The van der Waals surface area contributed by atoms with Gasteiger partial charge in [0.1, 0.15) is 10.8 Å². The van der Waals surface area contributed by atoms with Crippen molar-refractivity contribution in [1.29, 1.82) is 0 Å². The lowest BCUT2D eigenvalue weighted by molar-refractivity contribution is 0.626. The Balaban J connectivity index is 1.99. The predicted octanol–water partition coefficient (Wildman–Crippen LogP) is 3.34. The maximum absolute atomic E-state index is 12.7. The third-order valence-electron chi connectivity index (χ3n) is 2.30. The molecule has 0 aliphatic heterocycles. The summed E-state index contributed by atoms with van der Waals surface area (Å²) in [7, 11) is 0. The number of thiazole rings is 1. The topological polar surface area (TPSA) is 38.9 Å². The molecule has 0 aliphatic rings. The normalized spacial score (nSPS) is 10.8. The van der Waals surface area contributed by atoms with Crippen LogP contribution in [0, 0.1) is 12.7 Å². The molecule has 90 valence electrons. The van der Waals surface area contributed by atoms with Crippen molar-refractivity contribution in [2.75, 3.05) is 0 Å². The van der Waals surface area contributed by atoms with Crippen molar-refractivity contribution in [1.82, 2.24) is 4.98 Å². The van der Waals surface area contributed by atoms with Gasteiger partial charge in [0.15, 0.2) is 0 Å². The van der Waals surface area contributed by atoms with Crippen LogP contribution in [0.1, 0.15) is 15.6 Å². The van der Waals surface area contributed by atoms with E-state index in [0.29, 0.717) is 6.54 Å². The number of benzene rings is 1. The van der Waals surface area contributed by atoms with Gasteiger partial charge < -0.3 is 5.73 Å². The van der Waals surface area contributed by atoms with Crippen molar-refractivity contribution in [2.45, 2.75) is 24.1 Å². The zero-order valence-corrected chi connectivity index (χ0v) is 11.1. The van der Waals surface area contributed by atoms with Crippen molar-refractivity contribution in [3.8, 4) is 0 Å². The molecule has 0 saturated carbocycles. The van der Waals surface area contributed by atoms with E-state index >= 15 is 0 Å². The Morgan fingerprint density at radius 2 is 2.06 bits per heavy atom. The molecule has 2 aromatic rings. The monoisotopic (exact) mass is 268 g/mol. The van der Waals surface area contributed by atoms with Gasteiger partial charge in [0, 0.05) is 16.3 Å². The van der Waals surface area contributed by atoms with Gasteiger partial charge in [0.2, 0.25) is 0 Å². The molecule has 2 nitrogen and oxygen atoms in total. The predicted molar refractivity (Wildman–Crippen MR) is 70.7 cm³/mol. The zero-order valence-electron chi connectivity index (χ0n) is 9.44. The molecule has 0 amide bonds. The highest BCUT2D eigenvalue weighted by atomic mass is 32.2. The number of hydrogen-bond donors (Lipinski definition) is 1. The summed E-state index contributed by atoms with van der Waals surface area (Å²) in [5.74, 6) is 0.599. The fourth-order valence-electron chi connectivity index (χ4n) is 1.42. The standard InChI is InChI=1S/C12H13FN2S2/c1-8-11(6-14)17-12(15-8)7-16-10-4-2-9(13)3-5-10/h2-5H,6-7,14H2,1H3. The maximum Gasteiger partial charge on any atom is 0.123 e. The SMILES string of the molecule is Cc1nc(CSc2ccc(F)cc2)sc1CN. The van der Waals surface area contributed by atoms with E-state index in [-0.39, 0.29) is 5.82 Å². The number of aryl methyl sites for hydroxylation is 1. The molecule has 1 aromatic heterocycles. The first-order valence-electron chi connectivity index (χ1n) is 5.22. The molecule has 0 atom stereocenters. The van der Waals surface area contributed by atoms with Gasteiger partial charge in [-0.25, -0.2) is 9.37 Å². The van der Waals surface area contributed by atoms with Crippen molar-refractivity contribution >= 4 is 23.1 Å². The summed E-state index contributed by atoms with van der Waals surface area (Å²) in [6.45, 7) is 2.52. The Labute approximate surface area is 108 Å². The molecule has 5 heteroatoms. The lowest BCUT2D eigenvalue weighted by Gasteiger charge is -1.98. The molecule has 2 N–H and O–H groups in total. The van der Waals surface area contributed by atoms with Gasteiger partial charge in [-0.05, 0) is 31.2 Å². The average Bonchev–Trinajstić information content (AvgIpc) is 2.69. The van der Waals surface area contributed by atoms with Gasteiger partial charge in [-0.1, -0.05) is 0 Å². The minimum absolute atomic E-state index is 0.204. The smallest absolute Gasteiger partial charge is 0.123 e. The maximum atomic E-state index is 12.7. The fourth-order valence-corrected chi connectivity index (χ4v) is 3.25. The summed E-state index contributed by atoms with van der Waals surface area (Å²) in [5, 5.41) is 1.07. The average molecular weight is 268 g/mol. The molecule has 1 heterocycles. The van der Waals surface area contributed by atoms with E-state index in [4.69, 9.17) is 5.73 Å². The van der Waals surface area contributed by atoms with Crippen LogP contribution in [0.4, 0.5) is 4.39 Å². The second kappa shape index (κ2) is 5.62. The van der Waals surface area contributed by atoms with Crippen LogP contribution in [-0.4, -0.2) is 4.98 Å². The van der Waals surface area contributed by atoms with Gasteiger partial charge in [-0.3, -0.25) is 0 Å². The Bertz CT molecular complexity index is 494. The molecule has 1 aromatic carbocycles. The molecule has 0 aliphatic carbocycles. The Kier molecular flexibility index (Phi) is 4.15. The van der Waals surface area contributed by atoms with Gasteiger partial charge >= 0.3 is 0 Å². The number of rotatable bonds is 4. The molecule has 0 saturated heterocycles. The van der Waals surface area contributed by atoms with E-state index in [0.717, 1.165) is 26.2 Å². The lowest BCUT2D eigenvalue weighted by Crippen LogP contribution is -1.94. The van der Waals surface area contributed by atoms with Gasteiger partial charge in [-0.2, -0.15) is 0 Å². The second-order valence-corrected chi connectivity index (χ2v) is 5.78. The van der Waals surface area contributed by atoms with Crippen LogP contribution in [0.25, 0.3) is 0 Å². The first-order chi connectivity index (χ1) is 8.19. The molecule has 0 unspecified atom stereocenters. The second-order valence-electron chi connectivity index (χ2n) is 3.56. The highest BCUT2D eigenvalue weighted by Gasteiger charge is 2.06. The zero-order chi connectivity index (χ0) is 12.3. The highest BCUT2D eigenvalue weighted by molar-refractivity contribution is 7.98. The van der Waals surface area contributed by atoms with Gasteiger partial charge in [0.25, 0.3) is 0 Å². The molecule has 0 bridgehead atoms. The lowest BCUT2D eigenvalue weighted by atomic mass is 10.4. The van der Waals surface area contributed by atoms with E-state index in [1.807, 2.05) is 6.92 Å². The third-order valence-corrected chi connectivity index (χ3v) is 4.68. The molecule has 0 fully saturated rings. The van der Waals surface area contributed by atoms with Crippen molar-refractivity contribution in [3.05, 3.63) is 45.7 Å². The van der Waals surface area contributed by atoms with Gasteiger partial charge in [-0.15, -0.1) is 23.1 Å². The van der Waals surface area contributed by atoms with Crippen molar-refractivity contribution < 1.29 is 4.39 Å². The van der Waals surface area contributed by atoms with Crippen LogP contribution in [-0.2, 0) is 12.3 Å². The minimum atomic E-state index is -0.204. The first kappa shape index (κ1) is 12.5. The Morgan fingerprint density at radius 3 is 2.65 bits per heavy atom. The number of aromatic nitrogens is 1. The number of thioether (sulfide) groups is 1. The fraction of sp³-hybridized carbons (Fsp3) is 0.250. The highest BCUT2D eigenvalue weighted by Crippen LogP contribution is 2.26. The summed E-state index contributed by atoms with van der Waals surface area (Å²) >= 11 is 3.31. The Hall–Kier alpha value is -0.910. The third kappa shape index (κ3) is 3.28. The van der Waals surface area contributed by atoms with Crippen LogP contribution in [0.2, 0.25) is 0 Å². The summed E-state index contributed by atoms with van der Waals surface area (Å²) in [6, 6.07) is 6.51. The van der Waals surface area contributed by atoms with E-state index in [1.54, 1.807) is 35.2 Å². The summed E-state index contributed by atoms with van der Waals surface area (Å²) in [6.07, 6.45) is 0. The van der Waals surface area contributed by atoms with Crippen LogP contribution in [0.5, 0.6) is 0 Å². The summed E-state index contributed by atoms with van der Waals surface area (Å²) < 4.78 is 12.7. The largest absolute Gasteiger partial charge is 0.326 e. The first-order valence-corrected chi connectivity index (χ1v) is 7.03. The molecule has 0 spiro atoms. The van der Waals surface area contributed by atoms with E-state index in [1.165, 1.54) is 12.1 Å². The van der Waals surface area contributed by atoms with Crippen LogP contribution >= 0.6 is 23.1 Å². The number of halogens is 1. The quantitative estimate of drug-likeness (QED) is 0.864. The van der Waals surface area contributed by atoms with Gasteiger partial charge in [0.05, 0.1) is 11.4 Å². The van der Waals surface area contributed by atoms with E-state index in [2.05, 4.69) is 4.98 Å². The molecule has 2 rings (SSSR count). The summed E-state index contributed by atoms with van der Waals surface area (Å²) in [4.78, 5) is 6.65. The van der Waals surface area contributed by atoms with Crippen molar-refractivity contribution in [2.24, 2.45) is 5.73 Å². The number of nitrogens with zero attached hydrogens (tertiary/aromatic N) is 1. The molecule has 17 heavy (non-hydrogen) atoms. The molecular formula is C12H13FN2S2. The molecular weight excluding hydrogens is 255 g/mol. The van der Waals surface area contributed by atoms with Crippen molar-refractivity contribution in [3.63, 3.8) is 0 Å². The number of hydrogen-bond acceptors (Lipinski definition) is 4.